The Morgan fingerprint density at radius 3 is 2.46 bits per heavy atom. The van der Waals surface area contributed by atoms with Crippen LogP contribution >= 0.6 is 0 Å². The van der Waals surface area contributed by atoms with E-state index < -0.39 is 45.7 Å². The van der Waals surface area contributed by atoms with Gasteiger partial charge in [0.05, 0.1) is 12.0 Å². The van der Waals surface area contributed by atoms with Crippen molar-refractivity contribution >= 4 is 21.8 Å². The minimum atomic E-state index is -4.30. The van der Waals surface area contributed by atoms with Crippen molar-refractivity contribution < 1.29 is 27.1 Å². The van der Waals surface area contributed by atoms with Crippen molar-refractivity contribution in [2.24, 2.45) is 0 Å². The molecule has 0 radical (unpaired) electrons. The summed E-state index contributed by atoms with van der Waals surface area (Å²) in [7, 11) is -4.30. The summed E-state index contributed by atoms with van der Waals surface area (Å²) >= 11 is 0. The second-order valence-corrected chi connectivity index (χ2v) is 7.57. The van der Waals surface area contributed by atoms with Gasteiger partial charge in [-0.25, -0.2) is 22.8 Å². The maximum absolute atomic E-state index is 15.1. The van der Waals surface area contributed by atoms with Gasteiger partial charge in [-0.1, -0.05) is 0 Å². The quantitative estimate of drug-likeness (QED) is 0.689. The molecule has 3 aromatic rings. The molecule has 0 bridgehead atoms. The molecule has 0 spiro atoms. The number of nitrogens with one attached hydrogen (secondary N) is 1. The first-order chi connectivity index (χ1) is 13.3. The van der Waals surface area contributed by atoms with E-state index in [4.69, 9.17) is 0 Å². The standard InChI is InChI=1S/C17H12F2N4O4S/c18-10-1-3-11(4-2-10)22-7-13(20-9-22)12-5-6-14(24)17(16(12)19)23-8-15(25)21-28(23,26)27/h1-7,9,24H,8H2,(H,21,25). The van der Waals surface area contributed by atoms with Crippen LogP contribution in [-0.2, 0) is 15.0 Å². The first-order valence-electron chi connectivity index (χ1n) is 7.91. The van der Waals surface area contributed by atoms with Crippen molar-refractivity contribution in [3.05, 3.63) is 60.6 Å². The first-order valence-corrected chi connectivity index (χ1v) is 9.35. The number of nitrogens with zero attached hydrogens (tertiary/aromatic N) is 3. The normalized spacial score (nSPS) is 15.6. The van der Waals surface area contributed by atoms with Crippen LogP contribution in [-0.4, -0.2) is 35.5 Å². The van der Waals surface area contributed by atoms with Crippen LogP contribution in [0.2, 0.25) is 0 Å². The zero-order valence-electron chi connectivity index (χ0n) is 14.0. The van der Waals surface area contributed by atoms with E-state index in [9.17, 15) is 22.7 Å². The molecule has 0 aliphatic carbocycles. The Bertz CT molecular complexity index is 1190. The Morgan fingerprint density at radius 2 is 1.82 bits per heavy atom. The van der Waals surface area contributed by atoms with Gasteiger partial charge in [0.1, 0.15) is 23.8 Å². The summed E-state index contributed by atoms with van der Waals surface area (Å²) in [6.45, 7) is -0.652. The Labute approximate surface area is 157 Å². The molecule has 1 amide bonds. The smallest absolute Gasteiger partial charge is 0.326 e. The molecule has 1 aliphatic rings. The fourth-order valence-electron chi connectivity index (χ4n) is 2.85. The maximum Gasteiger partial charge on any atom is 0.326 e. The Hall–Kier alpha value is -3.47. The number of aromatic hydroxyl groups is 1. The topological polar surface area (TPSA) is 105 Å². The van der Waals surface area contributed by atoms with Gasteiger partial charge < -0.3 is 9.67 Å². The summed E-state index contributed by atoms with van der Waals surface area (Å²) in [6, 6.07) is 7.89. The molecular formula is C17H12F2N4O4S. The van der Waals surface area contributed by atoms with Gasteiger partial charge in [0.15, 0.2) is 5.82 Å². The number of carbonyl (C=O) groups is 1. The van der Waals surface area contributed by atoms with Crippen molar-refractivity contribution in [2.45, 2.75) is 0 Å². The molecule has 4 rings (SSSR count). The van der Waals surface area contributed by atoms with Crippen LogP contribution in [0.25, 0.3) is 16.9 Å². The molecule has 2 aromatic carbocycles. The molecule has 2 N–H and O–H groups in total. The molecule has 144 valence electrons. The van der Waals surface area contributed by atoms with Crippen LogP contribution in [0.4, 0.5) is 14.5 Å². The molecule has 0 atom stereocenters. The van der Waals surface area contributed by atoms with Crippen molar-refractivity contribution in [1.29, 1.82) is 0 Å². The highest BCUT2D eigenvalue weighted by molar-refractivity contribution is 7.92. The third-order valence-electron chi connectivity index (χ3n) is 4.15. The molecule has 11 heteroatoms. The van der Waals surface area contributed by atoms with Crippen molar-refractivity contribution in [3.63, 3.8) is 0 Å². The fourth-order valence-corrected chi connectivity index (χ4v) is 4.02. The highest BCUT2D eigenvalue weighted by Gasteiger charge is 2.38. The molecule has 0 unspecified atom stereocenters. The number of phenolic OH excluding ortho intramolecular Hbond substituents is 1. The molecule has 8 nitrogen and oxygen atoms in total. The summed E-state index contributed by atoms with van der Waals surface area (Å²) in [5.74, 6) is -2.94. The highest BCUT2D eigenvalue weighted by Crippen LogP contribution is 2.38. The first kappa shape index (κ1) is 17.9. The monoisotopic (exact) mass is 406 g/mol. The SMILES string of the molecule is O=C1CN(c2c(O)ccc(-c3cn(-c4ccc(F)cc4)cn3)c2F)S(=O)(=O)N1. The number of rotatable bonds is 3. The number of phenols is 1. The minimum absolute atomic E-state index is 0.0804. The number of anilines is 1. The zero-order valence-corrected chi connectivity index (χ0v) is 14.8. The van der Waals surface area contributed by atoms with Crippen LogP contribution in [0.5, 0.6) is 5.75 Å². The second kappa shape index (κ2) is 6.30. The third kappa shape index (κ3) is 2.95. The van der Waals surface area contributed by atoms with Crippen molar-refractivity contribution in [2.75, 3.05) is 10.8 Å². The van der Waals surface area contributed by atoms with E-state index in [1.807, 2.05) is 0 Å². The van der Waals surface area contributed by atoms with E-state index in [0.29, 0.717) is 9.99 Å². The van der Waals surface area contributed by atoms with E-state index >= 15 is 4.39 Å². The highest BCUT2D eigenvalue weighted by atomic mass is 32.2. The van der Waals surface area contributed by atoms with Gasteiger partial charge in [-0.3, -0.25) is 4.79 Å². The summed E-state index contributed by atoms with van der Waals surface area (Å²) in [4.78, 5) is 15.5. The van der Waals surface area contributed by atoms with Crippen LogP contribution < -0.4 is 9.03 Å². The van der Waals surface area contributed by atoms with E-state index in [1.54, 1.807) is 4.72 Å². The largest absolute Gasteiger partial charge is 0.506 e. The molecular weight excluding hydrogens is 394 g/mol. The van der Waals surface area contributed by atoms with Gasteiger partial charge in [0.2, 0.25) is 0 Å². The lowest BCUT2D eigenvalue weighted by atomic mass is 10.1. The number of halogens is 2. The van der Waals surface area contributed by atoms with E-state index in [2.05, 4.69) is 4.98 Å². The predicted molar refractivity (Wildman–Crippen MR) is 95.0 cm³/mol. The summed E-state index contributed by atoms with van der Waals surface area (Å²) < 4.78 is 55.9. The average molecular weight is 406 g/mol. The minimum Gasteiger partial charge on any atom is -0.506 e. The average Bonchev–Trinajstić information content (AvgIpc) is 3.20. The molecule has 1 aromatic heterocycles. The third-order valence-corrected chi connectivity index (χ3v) is 5.53. The van der Waals surface area contributed by atoms with Gasteiger partial charge in [0, 0.05) is 17.4 Å². The van der Waals surface area contributed by atoms with Gasteiger partial charge in [-0.15, -0.1) is 0 Å². The lowest BCUT2D eigenvalue weighted by Crippen LogP contribution is -2.30. The molecule has 2 heterocycles. The number of hydrogen-bond acceptors (Lipinski definition) is 5. The van der Waals surface area contributed by atoms with Gasteiger partial charge >= 0.3 is 10.2 Å². The fraction of sp³-hybridized carbons (Fsp3) is 0.0588. The van der Waals surface area contributed by atoms with Crippen LogP contribution in [0, 0.1) is 11.6 Å². The summed E-state index contributed by atoms with van der Waals surface area (Å²) in [6.07, 6.45) is 2.85. The predicted octanol–water partition coefficient (Wildman–Crippen LogP) is 1.70. The molecule has 1 aliphatic heterocycles. The molecule has 28 heavy (non-hydrogen) atoms. The van der Waals surface area contributed by atoms with E-state index in [1.165, 1.54) is 47.4 Å². The van der Waals surface area contributed by atoms with Gasteiger partial charge in [-0.05, 0) is 36.4 Å². The van der Waals surface area contributed by atoms with Crippen molar-refractivity contribution in [1.82, 2.24) is 14.3 Å². The van der Waals surface area contributed by atoms with Crippen LogP contribution in [0.15, 0.2) is 48.9 Å². The number of amides is 1. The van der Waals surface area contributed by atoms with Crippen LogP contribution in [0.1, 0.15) is 0 Å². The Kier molecular flexibility index (Phi) is 4.03. The number of carbonyl (C=O) groups excluding carboxylic acids is 1. The van der Waals surface area contributed by atoms with Gasteiger partial charge in [-0.2, -0.15) is 8.42 Å². The Balaban J connectivity index is 1.78. The molecule has 0 saturated carbocycles. The number of aromatic nitrogens is 2. The van der Waals surface area contributed by atoms with Crippen LogP contribution in [0.3, 0.4) is 0 Å². The van der Waals surface area contributed by atoms with Gasteiger partial charge in [0.25, 0.3) is 5.91 Å². The molecule has 1 saturated heterocycles. The lowest BCUT2D eigenvalue weighted by molar-refractivity contribution is -0.117. The zero-order chi connectivity index (χ0) is 20.1. The molecule has 1 fully saturated rings. The number of imidazole rings is 1. The van der Waals surface area contributed by atoms with Crippen molar-refractivity contribution in [3.8, 4) is 22.7 Å². The van der Waals surface area contributed by atoms with E-state index in [-0.39, 0.29) is 11.3 Å². The maximum atomic E-state index is 15.1. The lowest BCUT2D eigenvalue weighted by Gasteiger charge is -2.18. The Morgan fingerprint density at radius 1 is 1.11 bits per heavy atom. The number of benzene rings is 2. The van der Waals surface area contributed by atoms with E-state index in [0.717, 1.165) is 6.07 Å². The summed E-state index contributed by atoms with van der Waals surface area (Å²) in [5.41, 5.74) is 0.00539. The summed E-state index contributed by atoms with van der Waals surface area (Å²) in [5, 5.41) is 10.0. The number of hydrogen-bond donors (Lipinski definition) is 2. The second-order valence-electron chi connectivity index (χ2n) is 5.97.